The van der Waals surface area contributed by atoms with E-state index in [1.165, 1.54) is 12.1 Å². The van der Waals surface area contributed by atoms with Crippen LogP contribution in [0.1, 0.15) is 27.2 Å². The van der Waals surface area contributed by atoms with Gasteiger partial charge in [-0.2, -0.15) is 0 Å². The first-order valence-corrected chi connectivity index (χ1v) is 8.04. The second-order valence-corrected chi connectivity index (χ2v) is 7.54. The molecular weight excluding hydrogens is 319 g/mol. The van der Waals surface area contributed by atoms with E-state index >= 15 is 0 Å². The molecule has 1 aromatic rings. The second-order valence-electron chi connectivity index (χ2n) is 5.42. The minimum absolute atomic E-state index is 0. The van der Waals surface area contributed by atoms with E-state index in [1.807, 2.05) is 20.8 Å². The van der Waals surface area contributed by atoms with Crippen molar-refractivity contribution in [2.24, 2.45) is 11.7 Å². The van der Waals surface area contributed by atoms with Gasteiger partial charge < -0.3 is 5.73 Å². The van der Waals surface area contributed by atoms with Crippen LogP contribution in [0.2, 0.25) is 5.02 Å². The summed E-state index contributed by atoms with van der Waals surface area (Å²) in [5, 5.41) is 0.503. The lowest BCUT2D eigenvalue weighted by atomic mass is 9.92. The summed E-state index contributed by atoms with van der Waals surface area (Å²) in [6, 6.07) is 6.07. The van der Waals surface area contributed by atoms with E-state index in [1.54, 1.807) is 12.1 Å². The van der Waals surface area contributed by atoms with Gasteiger partial charge in [-0.15, -0.1) is 12.4 Å². The van der Waals surface area contributed by atoms with Gasteiger partial charge in [0.2, 0.25) is 10.0 Å². The Labute approximate surface area is 132 Å². The van der Waals surface area contributed by atoms with E-state index < -0.39 is 15.6 Å². The van der Waals surface area contributed by atoms with Crippen molar-refractivity contribution in [3.63, 3.8) is 0 Å². The molecule has 1 atom stereocenters. The maximum Gasteiger partial charge on any atom is 0.241 e. The summed E-state index contributed by atoms with van der Waals surface area (Å²) in [4.78, 5) is 0.195. The quantitative estimate of drug-likeness (QED) is 0.836. The zero-order chi connectivity index (χ0) is 14.7. The number of hydrogen-bond donors (Lipinski definition) is 2. The van der Waals surface area contributed by atoms with Crippen LogP contribution in [0.3, 0.4) is 0 Å². The first-order valence-electron chi connectivity index (χ1n) is 6.18. The third-order valence-electron chi connectivity index (χ3n) is 2.81. The number of nitrogens with one attached hydrogen (secondary N) is 1. The Morgan fingerprint density at radius 1 is 1.30 bits per heavy atom. The number of sulfonamides is 1. The lowest BCUT2D eigenvalue weighted by Crippen LogP contribution is -2.51. The van der Waals surface area contributed by atoms with Crippen LogP contribution < -0.4 is 10.5 Å². The normalized spacial score (nSPS) is 14.7. The summed E-state index contributed by atoms with van der Waals surface area (Å²) in [5.41, 5.74) is 5.07. The van der Waals surface area contributed by atoms with Gasteiger partial charge in [0.25, 0.3) is 0 Å². The topological polar surface area (TPSA) is 72.2 Å². The van der Waals surface area contributed by atoms with E-state index in [0.717, 1.165) is 0 Å². The van der Waals surface area contributed by atoms with E-state index in [2.05, 4.69) is 4.72 Å². The molecule has 0 saturated carbocycles. The first-order chi connectivity index (χ1) is 8.68. The van der Waals surface area contributed by atoms with Gasteiger partial charge in [-0.3, -0.25) is 0 Å². The fraction of sp³-hybridized carbons (Fsp3) is 0.538. The number of benzene rings is 1. The zero-order valence-corrected chi connectivity index (χ0v) is 14.3. The van der Waals surface area contributed by atoms with Gasteiger partial charge in [-0.25, -0.2) is 13.1 Å². The molecule has 0 bridgehead atoms. The molecule has 0 saturated heterocycles. The molecular formula is C13H22Cl2N2O2S. The fourth-order valence-electron chi connectivity index (χ4n) is 2.06. The molecule has 1 rings (SSSR count). The van der Waals surface area contributed by atoms with Gasteiger partial charge >= 0.3 is 0 Å². The molecule has 116 valence electrons. The standard InChI is InChI=1S/C13H21ClN2O2S.ClH/c1-10(2)8-13(3,9-15)16-19(17,18)12-6-4-11(14)5-7-12;/h4-7,10,16H,8-9,15H2,1-3H3;1H. The summed E-state index contributed by atoms with van der Waals surface area (Å²) in [5.74, 6) is 0.349. The highest BCUT2D eigenvalue weighted by atomic mass is 35.5. The summed E-state index contributed by atoms with van der Waals surface area (Å²) in [6.45, 7) is 6.13. The van der Waals surface area contributed by atoms with E-state index in [4.69, 9.17) is 17.3 Å². The Kier molecular flexibility index (Phi) is 7.49. The average Bonchev–Trinajstić information content (AvgIpc) is 2.27. The van der Waals surface area contributed by atoms with Crippen molar-refractivity contribution in [3.05, 3.63) is 29.3 Å². The maximum atomic E-state index is 12.3. The molecule has 0 spiro atoms. The third kappa shape index (κ3) is 5.58. The largest absolute Gasteiger partial charge is 0.329 e. The molecule has 1 aromatic carbocycles. The van der Waals surface area contributed by atoms with Crippen LogP contribution in [0.4, 0.5) is 0 Å². The van der Waals surface area contributed by atoms with Crippen molar-refractivity contribution in [1.82, 2.24) is 4.72 Å². The SMILES string of the molecule is CC(C)CC(C)(CN)NS(=O)(=O)c1ccc(Cl)cc1.Cl. The van der Waals surface area contributed by atoms with Crippen LogP contribution in [0.25, 0.3) is 0 Å². The Morgan fingerprint density at radius 3 is 2.20 bits per heavy atom. The third-order valence-corrected chi connectivity index (χ3v) is 4.72. The van der Waals surface area contributed by atoms with Gasteiger partial charge in [0.1, 0.15) is 0 Å². The smallest absolute Gasteiger partial charge is 0.241 e. The van der Waals surface area contributed by atoms with Gasteiger partial charge in [-0.05, 0) is 43.5 Å². The molecule has 4 nitrogen and oxygen atoms in total. The molecule has 0 aliphatic rings. The first kappa shape index (κ1) is 19.7. The maximum absolute atomic E-state index is 12.3. The predicted molar refractivity (Wildman–Crippen MR) is 85.9 cm³/mol. The average molecular weight is 341 g/mol. The number of nitrogens with two attached hydrogens (primary N) is 1. The zero-order valence-electron chi connectivity index (χ0n) is 11.9. The summed E-state index contributed by atoms with van der Waals surface area (Å²) < 4.78 is 27.3. The Balaban J connectivity index is 0.00000361. The highest BCUT2D eigenvalue weighted by Crippen LogP contribution is 2.20. The molecule has 20 heavy (non-hydrogen) atoms. The van der Waals surface area contributed by atoms with Crippen LogP contribution in [-0.2, 0) is 10.0 Å². The van der Waals surface area contributed by atoms with Crippen LogP contribution >= 0.6 is 24.0 Å². The van der Waals surface area contributed by atoms with E-state index in [0.29, 0.717) is 17.4 Å². The Morgan fingerprint density at radius 2 is 1.80 bits per heavy atom. The molecule has 0 radical (unpaired) electrons. The minimum atomic E-state index is -3.58. The van der Waals surface area contributed by atoms with Gasteiger partial charge in [-0.1, -0.05) is 25.4 Å². The predicted octanol–water partition coefficient (Wildman–Crippen LogP) is 2.80. The van der Waals surface area contributed by atoms with Crippen LogP contribution in [0.15, 0.2) is 29.2 Å². The molecule has 0 aliphatic carbocycles. The molecule has 0 aliphatic heterocycles. The number of hydrogen-bond acceptors (Lipinski definition) is 3. The highest BCUT2D eigenvalue weighted by Gasteiger charge is 2.30. The molecule has 1 unspecified atom stereocenters. The molecule has 0 aromatic heterocycles. The van der Waals surface area contributed by atoms with Crippen LogP contribution in [0.5, 0.6) is 0 Å². The van der Waals surface area contributed by atoms with Crippen molar-refractivity contribution in [2.45, 2.75) is 37.6 Å². The molecule has 3 N–H and O–H groups in total. The minimum Gasteiger partial charge on any atom is -0.329 e. The molecule has 7 heteroatoms. The number of halogens is 2. The molecule has 0 fully saturated rings. The van der Waals surface area contributed by atoms with Crippen molar-refractivity contribution in [3.8, 4) is 0 Å². The fourth-order valence-corrected chi connectivity index (χ4v) is 3.62. The Bertz CT molecular complexity index is 518. The van der Waals surface area contributed by atoms with Crippen molar-refractivity contribution in [1.29, 1.82) is 0 Å². The van der Waals surface area contributed by atoms with E-state index in [-0.39, 0.29) is 23.8 Å². The van der Waals surface area contributed by atoms with Gasteiger partial charge in [0, 0.05) is 17.1 Å². The monoisotopic (exact) mass is 340 g/mol. The van der Waals surface area contributed by atoms with Crippen LogP contribution in [0, 0.1) is 5.92 Å². The molecule has 0 heterocycles. The number of rotatable bonds is 6. The van der Waals surface area contributed by atoms with Crippen molar-refractivity contribution < 1.29 is 8.42 Å². The summed E-state index contributed by atoms with van der Waals surface area (Å²) in [7, 11) is -3.58. The van der Waals surface area contributed by atoms with Crippen molar-refractivity contribution >= 4 is 34.0 Å². The summed E-state index contributed by atoms with van der Waals surface area (Å²) >= 11 is 5.76. The second kappa shape index (κ2) is 7.61. The lowest BCUT2D eigenvalue weighted by Gasteiger charge is -2.30. The van der Waals surface area contributed by atoms with Gasteiger partial charge in [0.05, 0.1) is 4.90 Å². The molecule has 0 amide bonds. The summed E-state index contributed by atoms with van der Waals surface area (Å²) in [6.07, 6.45) is 0.677. The lowest BCUT2D eigenvalue weighted by molar-refractivity contribution is 0.344. The Hall–Kier alpha value is -0.330. The van der Waals surface area contributed by atoms with Crippen molar-refractivity contribution in [2.75, 3.05) is 6.54 Å². The van der Waals surface area contributed by atoms with Crippen LogP contribution in [-0.4, -0.2) is 20.5 Å². The van der Waals surface area contributed by atoms with E-state index in [9.17, 15) is 8.42 Å². The van der Waals surface area contributed by atoms with Gasteiger partial charge in [0.15, 0.2) is 0 Å². The highest BCUT2D eigenvalue weighted by molar-refractivity contribution is 7.89.